The Labute approximate surface area is 161 Å². The summed E-state index contributed by atoms with van der Waals surface area (Å²) in [6.45, 7) is 0. The van der Waals surface area contributed by atoms with Crippen molar-refractivity contribution in [1.82, 2.24) is 10.2 Å². The van der Waals surface area contributed by atoms with E-state index in [2.05, 4.69) is 10.2 Å². The van der Waals surface area contributed by atoms with Crippen molar-refractivity contribution in [3.63, 3.8) is 0 Å². The van der Waals surface area contributed by atoms with Crippen LogP contribution in [0.15, 0.2) is 24.3 Å². The van der Waals surface area contributed by atoms with E-state index in [1.807, 2.05) is 24.3 Å². The van der Waals surface area contributed by atoms with Gasteiger partial charge in [-0.1, -0.05) is 50.3 Å². The van der Waals surface area contributed by atoms with E-state index in [9.17, 15) is 9.59 Å². The van der Waals surface area contributed by atoms with Crippen LogP contribution in [-0.4, -0.2) is 34.3 Å². The third-order valence-corrected chi connectivity index (χ3v) is 7.33. The number of hydrogen-bond donors (Lipinski definition) is 1. The molecule has 0 unspecified atom stereocenters. The van der Waals surface area contributed by atoms with E-state index >= 15 is 0 Å². The predicted molar refractivity (Wildman–Crippen MR) is 105 cm³/mol. The molecule has 27 heavy (non-hydrogen) atoms. The molecule has 4 nitrogen and oxygen atoms in total. The lowest BCUT2D eigenvalue weighted by Gasteiger charge is -2.56. The molecule has 3 saturated carbocycles. The van der Waals surface area contributed by atoms with Crippen LogP contribution in [0, 0.1) is 0 Å². The van der Waals surface area contributed by atoms with Crippen molar-refractivity contribution < 1.29 is 9.59 Å². The van der Waals surface area contributed by atoms with Gasteiger partial charge < -0.3 is 10.2 Å². The first-order valence-electron chi connectivity index (χ1n) is 10.9. The molecule has 3 aliphatic carbocycles. The summed E-state index contributed by atoms with van der Waals surface area (Å²) in [6, 6.07) is 8.56. The zero-order chi connectivity index (χ0) is 18.4. The first-order chi connectivity index (χ1) is 13.2. The lowest BCUT2D eigenvalue weighted by Crippen LogP contribution is -2.65. The topological polar surface area (TPSA) is 49.4 Å². The number of hydrogen-bond acceptors (Lipinski definition) is 2. The molecule has 1 atom stereocenters. The first-order valence-corrected chi connectivity index (χ1v) is 10.9. The summed E-state index contributed by atoms with van der Waals surface area (Å²) in [5, 5.41) is 3.29. The highest BCUT2D eigenvalue weighted by Crippen LogP contribution is 2.51. The zero-order valence-electron chi connectivity index (χ0n) is 16.1. The van der Waals surface area contributed by atoms with Crippen molar-refractivity contribution in [2.75, 3.05) is 0 Å². The van der Waals surface area contributed by atoms with Crippen LogP contribution in [0.5, 0.6) is 0 Å². The van der Waals surface area contributed by atoms with Crippen LogP contribution in [-0.2, 0) is 4.79 Å². The second kappa shape index (κ2) is 6.65. The van der Waals surface area contributed by atoms with E-state index in [0.717, 1.165) is 62.5 Å². The molecule has 1 heterocycles. The minimum atomic E-state index is -0.322. The molecule has 1 aromatic rings. The van der Waals surface area contributed by atoms with Crippen LogP contribution >= 0.6 is 0 Å². The lowest BCUT2D eigenvalue weighted by atomic mass is 9.64. The van der Waals surface area contributed by atoms with Crippen LogP contribution < -0.4 is 5.32 Å². The molecule has 4 aliphatic rings. The second-order valence-corrected chi connectivity index (χ2v) is 9.08. The molecular formula is C23H30N2O2. The number of benzene rings is 1. The fraction of sp³-hybridized carbons (Fsp3) is 0.652. The average molecular weight is 367 g/mol. The third-order valence-electron chi connectivity index (χ3n) is 7.33. The smallest absolute Gasteiger partial charge is 0.254 e. The minimum Gasteiger partial charge on any atom is -0.353 e. The minimum absolute atomic E-state index is 0.155. The van der Waals surface area contributed by atoms with Gasteiger partial charge in [-0.05, 0) is 50.2 Å². The highest BCUT2D eigenvalue weighted by Gasteiger charge is 2.56. The van der Waals surface area contributed by atoms with E-state index in [1.54, 1.807) is 0 Å². The standard InChI is InChI=1S/C23H30N2O2/c26-21(24-16-12-13-16)20-18-10-4-5-11-19(18)22(27)25(17-8-2-3-9-17)23(20)14-6-1-7-15-23/h4-5,10-11,16-17,20H,1-3,6-9,12-15H2,(H,24,26)/t20-/m1/s1. The number of carbonyl (C=O) groups is 2. The number of nitrogens with zero attached hydrogens (tertiary/aromatic N) is 1. The SMILES string of the molecule is O=C(NC1CC1)[C@H]1c2ccccc2C(=O)N(C2CCCC2)C12CCCCC2. The molecule has 0 bridgehead atoms. The summed E-state index contributed by atoms with van der Waals surface area (Å²) in [5.41, 5.74) is 1.41. The zero-order valence-corrected chi connectivity index (χ0v) is 16.1. The summed E-state index contributed by atoms with van der Waals surface area (Å²) in [4.78, 5) is 29.4. The van der Waals surface area contributed by atoms with Crippen molar-refractivity contribution in [3.05, 3.63) is 35.4 Å². The summed E-state index contributed by atoms with van der Waals surface area (Å²) in [5.74, 6) is 0.116. The Morgan fingerprint density at radius 1 is 0.963 bits per heavy atom. The maximum Gasteiger partial charge on any atom is 0.254 e. The molecule has 0 saturated heterocycles. The van der Waals surface area contributed by atoms with Crippen molar-refractivity contribution >= 4 is 11.8 Å². The Hall–Kier alpha value is -1.84. The van der Waals surface area contributed by atoms with Crippen LogP contribution in [0.25, 0.3) is 0 Å². The molecule has 1 aromatic carbocycles. The molecule has 4 heteroatoms. The van der Waals surface area contributed by atoms with Gasteiger partial charge >= 0.3 is 0 Å². The van der Waals surface area contributed by atoms with Crippen LogP contribution in [0.3, 0.4) is 0 Å². The first kappa shape index (κ1) is 17.3. The molecule has 0 radical (unpaired) electrons. The van der Waals surface area contributed by atoms with Gasteiger partial charge in [0.25, 0.3) is 5.91 Å². The van der Waals surface area contributed by atoms with Gasteiger partial charge in [0.05, 0.1) is 11.5 Å². The van der Waals surface area contributed by atoms with E-state index in [1.165, 1.54) is 19.3 Å². The number of carbonyl (C=O) groups excluding carboxylic acids is 2. The lowest BCUT2D eigenvalue weighted by molar-refractivity contribution is -0.128. The van der Waals surface area contributed by atoms with E-state index in [-0.39, 0.29) is 23.3 Å². The van der Waals surface area contributed by atoms with Gasteiger partial charge in [0.15, 0.2) is 0 Å². The normalized spacial score (nSPS) is 27.6. The fourth-order valence-corrected chi connectivity index (χ4v) is 5.99. The summed E-state index contributed by atoms with van der Waals surface area (Å²) in [7, 11) is 0. The number of nitrogens with one attached hydrogen (secondary N) is 1. The van der Waals surface area contributed by atoms with Crippen molar-refractivity contribution in [1.29, 1.82) is 0 Å². The van der Waals surface area contributed by atoms with E-state index in [0.29, 0.717) is 12.1 Å². The van der Waals surface area contributed by atoms with Gasteiger partial charge in [0.1, 0.15) is 0 Å². The summed E-state index contributed by atoms with van der Waals surface area (Å²) in [6.07, 6.45) is 12.1. The van der Waals surface area contributed by atoms with Gasteiger partial charge in [-0.2, -0.15) is 0 Å². The molecule has 3 fully saturated rings. The number of fused-ring (bicyclic) bond motifs is 1. The predicted octanol–water partition coefficient (Wildman–Crippen LogP) is 4.15. The van der Waals surface area contributed by atoms with Gasteiger partial charge in [-0.3, -0.25) is 9.59 Å². The fourth-order valence-electron chi connectivity index (χ4n) is 5.99. The molecule has 1 aliphatic heterocycles. The molecule has 144 valence electrons. The second-order valence-electron chi connectivity index (χ2n) is 9.08. The van der Waals surface area contributed by atoms with E-state index in [4.69, 9.17) is 0 Å². The Kier molecular flexibility index (Phi) is 4.25. The molecule has 1 N–H and O–H groups in total. The largest absolute Gasteiger partial charge is 0.353 e. The molecule has 0 aromatic heterocycles. The Balaban J connectivity index is 1.65. The number of rotatable bonds is 3. The van der Waals surface area contributed by atoms with Crippen LogP contribution in [0.1, 0.15) is 92.5 Å². The van der Waals surface area contributed by atoms with Crippen LogP contribution in [0.4, 0.5) is 0 Å². The Morgan fingerprint density at radius 3 is 2.37 bits per heavy atom. The highest BCUT2D eigenvalue weighted by molar-refractivity contribution is 6.02. The maximum absolute atomic E-state index is 13.7. The van der Waals surface area contributed by atoms with Gasteiger partial charge in [-0.15, -0.1) is 0 Å². The Bertz CT molecular complexity index is 743. The highest BCUT2D eigenvalue weighted by atomic mass is 16.2. The molecule has 2 amide bonds. The summed E-state index contributed by atoms with van der Waals surface area (Å²) >= 11 is 0. The monoisotopic (exact) mass is 366 g/mol. The maximum atomic E-state index is 13.7. The van der Waals surface area contributed by atoms with Gasteiger partial charge in [0.2, 0.25) is 5.91 Å². The van der Waals surface area contributed by atoms with Crippen molar-refractivity contribution in [2.45, 2.75) is 94.2 Å². The molecule has 5 rings (SSSR count). The van der Waals surface area contributed by atoms with Crippen LogP contribution in [0.2, 0.25) is 0 Å². The molecule has 1 spiro atoms. The van der Waals surface area contributed by atoms with Crippen molar-refractivity contribution in [2.24, 2.45) is 0 Å². The number of amides is 2. The van der Waals surface area contributed by atoms with Crippen molar-refractivity contribution in [3.8, 4) is 0 Å². The average Bonchev–Trinajstić information content (AvgIpc) is 3.33. The quantitative estimate of drug-likeness (QED) is 0.874. The van der Waals surface area contributed by atoms with Gasteiger partial charge in [-0.25, -0.2) is 0 Å². The Morgan fingerprint density at radius 2 is 1.67 bits per heavy atom. The molecular weight excluding hydrogens is 336 g/mol. The summed E-state index contributed by atoms with van der Waals surface area (Å²) < 4.78 is 0. The third kappa shape index (κ3) is 2.79. The van der Waals surface area contributed by atoms with E-state index < -0.39 is 0 Å². The van der Waals surface area contributed by atoms with Gasteiger partial charge in [0, 0.05) is 17.6 Å².